The van der Waals surface area contributed by atoms with Crippen LogP contribution in [0, 0.1) is 0 Å². The van der Waals surface area contributed by atoms with Crippen LogP contribution in [0.4, 0.5) is 4.79 Å². The van der Waals surface area contributed by atoms with Gasteiger partial charge in [0.05, 0.1) is 5.69 Å². The standard InChI is InChI=1S/C11H19N3O2S/c1-11(2,3)14(5)10(15)16-9-13-8(6-12-4)7-17-9/h7,12H,6H2,1-5H3. The maximum Gasteiger partial charge on any atom is 0.417 e. The van der Waals surface area contributed by atoms with Crippen LogP contribution < -0.4 is 10.1 Å². The third-order valence-electron chi connectivity index (χ3n) is 2.34. The van der Waals surface area contributed by atoms with Crippen LogP contribution in [0.15, 0.2) is 5.38 Å². The predicted molar refractivity (Wildman–Crippen MR) is 68.4 cm³/mol. The number of amides is 1. The monoisotopic (exact) mass is 257 g/mol. The molecule has 0 fully saturated rings. The van der Waals surface area contributed by atoms with Gasteiger partial charge in [-0.2, -0.15) is 0 Å². The number of ether oxygens (including phenoxy) is 1. The van der Waals surface area contributed by atoms with E-state index >= 15 is 0 Å². The van der Waals surface area contributed by atoms with Crippen molar-refractivity contribution in [2.45, 2.75) is 32.9 Å². The molecule has 0 aliphatic heterocycles. The molecule has 1 heterocycles. The minimum Gasteiger partial charge on any atom is -0.381 e. The van der Waals surface area contributed by atoms with Gasteiger partial charge in [-0.25, -0.2) is 9.78 Å². The first-order valence-corrected chi connectivity index (χ1v) is 6.27. The number of nitrogens with zero attached hydrogens (tertiary/aromatic N) is 2. The lowest BCUT2D eigenvalue weighted by atomic mass is 10.1. The van der Waals surface area contributed by atoms with E-state index in [1.54, 1.807) is 11.9 Å². The molecular formula is C11H19N3O2S. The lowest BCUT2D eigenvalue weighted by Crippen LogP contribution is -2.44. The largest absolute Gasteiger partial charge is 0.417 e. The van der Waals surface area contributed by atoms with E-state index < -0.39 is 0 Å². The summed E-state index contributed by atoms with van der Waals surface area (Å²) in [5, 5.41) is 5.25. The van der Waals surface area contributed by atoms with Gasteiger partial charge < -0.3 is 15.0 Å². The highest BCUT2D eigenvalue weighted by atomic mass is 32.1. The van der Waals surface area contributed by atoms with Crippen LogP contribution in [0.1, 0.15) is 26.5 Å². The van der Waals surface area contributed by atoms with Crippen LogP contribution in [-0.2, 0) is 6.54 Å². The van der Waals surface area contributed by atoms with Crippen molar-refractivity contribution in [1.29, 1.82) is 0 Å². The van der Waals surface area contributed by atoms with Gasteiger partial charge in [-0.3, -0.25) is 0 Å². The summed E-state index contributed by atoms with van der Waals surface area (Å²) < 4.78 is 5.20. The van der Waals surface area contributed by atoms with Gasteiger partial charge in [-0.05, 0) is 27.8 Å². The van der Waals surface area contributed by atoms with E-state index in [1.165, 1.54) is 11.3 Å². The number of nitrogens with one attached hydrogen (secondary N) is 1. The van der Waals surface area contributed by atoms with Crippen molar-refractivity contribution >= 4 is 17.4 Å². The van der Waals surface area contributed by atoms with Gasteiger partial charge in [0, 0.05) is 24.5 Å². The zero-order valence-corrected chi connectivity index (χ0v) is 11.7. The van der Waals surface area contributed by atoms with E-state index in [2.05, 4.69) is 10.3 Å². The molecule has 1 amide bonds. The molecule has 1 aromatic heterocycles. The van der Waals surface area contributed by atoms with Gasteiger partial charge in [0.1, 0.15) is 0 Å². The van der Waals surface area contributed by atoms with E-state index in [9.17, 15) is 4.79 Å². The van der Waals surface area contributed by atoms with Crippen molar-refractivity contribution in [2.75, 3.05) is 14.1 Å². The SMILES string of the molecule is CNCc1csc(OC(=O)N(C)C(C)(C)C)n1. The van der Waals surface area contributed by atoms with Crippen molar-refractivity contribution in [3.63, 3.8) is 0 Å². The average molecular weight is 257 g/mol. The molecule has 1 rings (SSSR count). The zero-order valence-electron chi connectivity index (χ0n) is 10.9. The van der Waals surface area contributed by atoms with Crippen LogP contribution in [0.5, 0.6) is 5.19 Å². The van der Waals surface area contributed by atoms with Gasteiger partial charge in [-0.15, -0.1) is 0 Å². The number of hydrogen-bond donors (Lipinski definition) is 1. The third kappa shape index (κ3) is 3.98. The molecule has 96 valence electrons. The Morgan fingerprint density at radius 3 is 2.76 bits per heavy atom. The van der Waals surface area contributed by atoms with E-state index in [1.807, 2.05) is 33.2 Å². The number of carbonyl (C=O) groups excluding carboxylic acids is 1. The van der Waals surface area contributed by atoms with Gasteiger partial charge in [0.2, 0.25) is 0 Å². The topological polar surface area (TPSA) is 54.5 Å². The molecule has 1 aromatic rings. The molecule has 17 heavy (non-hydrogen) atoms. The van der Waals surface area contributed by atoms with Gasteiger partial charge in [0.15, 0.2) is 0 Å². The molecule has 1 N–H and O–H groups in total. The number of thiazole rings is 1. The molecule has 0 saturated heterocycles. The number of carbonyl (C=O) groups is 1. The van der Waals surface area contributed by atoms with E-state index in [0.29, 0.717) is 11.7 Å². The van der Waals surface area contributed by atoms with Gasteiger partial charge in [0.25, 0.3) is 5.19 Å². The highest BCUT2D eigenvalue weighted by Crippen LogP contribution is 2.20. The Bertz CT molecular complexity index is 384. The fraction of sp³-hybridized carbons (Fsp3) is 0.636. The molecule has 5 nitrogen and oxygen atoms in total. The zero-order chi connectivity index (χ0) is 13.1. The van der Waals surface area contributed by atoms with E-state index in [4.69, 9.17) is 4.74 Å². The first-order valence-electron chi connectivity index (χ1n) is 5.39. The molecule has 0 aliphatic carbocycles. The Balaban J connectivity index is 2.61. The van der Waals surface area contributed by atoms with Crippen molar-refractivity contribution in [2.24, 2.45) is 0 Å². The predicted octanol–water partition coefficient (Wildman–Crippen LogP) is 2.09. The molecule has 6 heteroatoms. The second kappa shape index (κ2) is 5.46. The highest BCUT2D eigenvalue weighted by molar-refractivity contribution is 7.11. The summed E-state index contributed by atoms with van der Waals surface area (Å²) in [7, 11) is 3.56. The maximum absolute atomic E-state index is 11.8. The smallest absolute Gasteiger partial charge is 0.381 e. The average Bonchev–Trinajstić information content (AvgIpc) is 2.63. The lowest BCUT2D eigenvalue weighted by Gasteiger charge is -2.30. The summed E-state index contributed by atoms with van der Waals surface area (Å²) in [6.45, 7) is 6.51. The Morgan fingerprint density at radius 2 is 2.24 bits per heavy atom. The van der Waals surface area contributed by atoms with Gasteiger partial charge in [-0.1, -0.05) is 11.3 Å². The summed E-state index contributed by atoms with van der Waals surface area (Å²) in [6, 6.07) is 0. The Morgan fingerprint density at radius 1 is 1.59 bits per heavy atom. The number of hydrogen-bond acceptors (Lipinski definition) is 5. The third-order valence-corrected chi connectivity index (χ3v) is 3.11. The first kappa shape index (κ1) is 13.9. The Kier molecular flexibility index (Phi) is 4.47. The number of aromatic nitrogens is 1. The van der Waals surface area contributed by atoms with Crippen molar-refractivity contribution in [3.05, 3.63) is 11.1 Å². The number of rotatable bonds is 3. The Hall–Kier alpha value is -1.14. The Labute approximate surface area is 106 Å². The molecule has 0 atom stereocenters. The lowest BCUT2D eigenvalue weighted by molar-refractivity contribution is 0.124. The normalized spacial score (nSPS) is 11.4. The van der Waals surface area contributed by atoms with E-state index in [-0.39, 0.29) is 11.6 Å². The molecule has 0 saturated carbocycles. The molecule has 0 bridgehead atoms. The molecule has 0 aromatic carbocycles. The van der Waals surface area contributed by atoms with Crippen molar-refractivity contribution in [3.8, 4) is 5.19 Å². The fourth-order valence-electron chi connectivity index (χ4n) is 1.01. The molecule has 0 radical (unpaired) electrons. The maximum atomic E-state index is 11.8. The van der Waals surface area contributed by atoms with E-state index in [0.717, 1.165) is 5.69 Å². The molecule has 0 aliphatic rings. The van der Waals surface area contributed by atoms with Crippen LogP contribution in [0.2, 0.25) is 0 Å². The fourth-order valence-corrected chi connectivity index (χ4v) is 1.68. The van der Waals surface area contributed by atoms with Crippen LogP contribution in [0.3, 0.4) is 0 Å². The van der Waals surface area contributed by atoms with Crippen LogP contribution in [0.25, 0.3) is 0 Å². The molecule has 0 unspecified atom stereocenters. The summed E-state index contributed by atoms with van der Waals surface area (Å²) in [5.41, 5.74) is 0.612. The van der Waals surface area contributed by atoms with Crippen LogP contribution >= 0.6 is 11.3 Å². The van der Waals surface area contributed by atoms with Crippen molar-refractivity contribution in [1.82, 2.24) is 15.2 Å². The first-order chi connectivity index (χ1) is 7.84. The highest BCUT2D eigenvalue weighted by Gasteiger charge is 2.24. The summed E-state index contributed by atoms with van der Waals surface area (Å²) in [4.78, 5) is 17.5. The van der Waals surface area contributed by atoms with Crippen LogP contribution in [-0.4, -0.2) is 35.6 Å². The summed E-state index contributed by atoms with van der Waals surface area (Å²) in [6.07, 6.45) is -0.386. The minimum absolute atomic E-state index is 0.262. The van der Waals surface area contributed by atoms with Gasteiger partial charge >= 0.3 is 6.09 Å². The van der Waals surface area contributed by atoms with Crippen molar-refractivity contribution < 1.29 is 9.53 Å². The quantitative estimate of drug-likeness (QED) is 0.901. The second-order valence-corrected chi connectivity index (χ2v) is 5.55. The molecule has 0 spiro atoms. The summed E-state index contributed by atoms with van der Waals surface area (Å²) >= 11 is 1.33. The summed E-state index contributed by atoms with van der Waals surface area (Å²) in [5.74, 6) is 0. The molecular weight excluding hydrogens is 238 g/mol. The minimum atomic E-state index is -0.386. The second-order valence-electron chi connectivity index (χ2n) is 4.73.